The van der Waals surface area contributed by atoms with E-state index in [0.29, 0.717) is 18.9 Å². The molecule has 138 valence electrons. The van der Waals surface area contributed by atoms with Gasteiger partial charge in [-0.05, 0) is 80.4 Å². The summed E-state index contributed by atoms with van der Waals surface area (Å²) in [5, 5.41) is 0. The average Bonchev–Trinajstić information content (AvgIpc) is 2.74. The van der Waals surface area contributed by atoms with Gasteiger partial charge in [-0.1, -0.05) is 17.8 Å². The molecule has 1 heterocycles. The summed E-state index contributed by atoms with van der Waals surface area (Å²) in [5.41, 5.74) is 3.41. The smallest absolute Gasteiger partial charge is 0.119 e. The van der Waals surface area contributed by atoms with E-state index >= 15 is 0 Å². The lowest BCUT2D eigenvalue weighted by Gasteiger charge is -2.01. The predicted molar refractivity (Wildman–Crippen MR) is 111 cm³/mol. The Morgan fingerprint density at radius 1 is 0.607 bits per heavy atom. The third-order valence-corrected chi connectivity index (χ3v) is 3.78. The average molecular weight is 367 g/mol. The fourth-order valence-corrected chi connectivity index (χ4v) is 2.42. The molecule has 3 rings (SSSR count). The quantitative estimate of drug-likeness (QED) is 0.628. The van der Waals surface area contributed by atoms with Gasteiger partial charge in [0.25, 0.3) is 0 Å². The minimum atomic E-state index is 0.656. The van der Waals surface area contributed by atoms with Crippen molar-refractivity contribution in [3.63, 3.8) is 0 Å². The van der Waals surface area contributed by atoms with Crippen molar-refractivity contribution in [2.75, 3.05) is 13.2 Å². The second-order valence-electron chi connectivity index (χ2n) is 5.85. The van der Waals surface area contributed by atoms with Gasteiger partial charge in [0.05, 0.1) is 13.2 Å². The fraction of sp³-hybridized carbons (Fsp3) is 0.160. The van der Waals surface area contributed by atoms with Crippen LogP contribution in [0, 0.1) is 23.7 Å². The number of hydrogen-bond acceptors (Lipinski definition) is 3. The number of nitrogens with zero attached hydrogens (tertiary/aromatic N) is 1. The van der Waals surface area contributed by atoms with Crippen LogP contribution >= 0.6 is 0 Å². The van der Waals surface area contributed by atoms with E-state index in [-0.39, 0.29) is 0 Å². The van der Waals surface area contributed by atoms with Crippen molar-refractivity contribution in [3.05, 3.63) is 89.2 Å². The highest BCUT2D eigenvalue weighted by Gasteiger charge is 1.94. The predicted octanol–water partition coefficient (Wildman–Crippen LogP) is 4.68. The number of benzene rings is 2. The molecule has 28 heavy (non-hydrogen) atoms. The van der Waals surface area contributed by atoms with E-state index in [0.717, 1.165) is 28.2 Å². The molecular weight excluding hydrogens is 346 g/mol. The molecule has 0 spiro atoms. The van der Waals surface area contributed by atoms with E-state index < -0.39 is 0 Å². The maximum absolute atomic E-state index is 5.43. The third kappa shape index (κ3) is 5.66. The van der Waals surface area contributed by atoms with Gasteiger partial charge >= 0.3 is 0 Å². The summed E-state index contributed by atoms with van der Waals surface area (Å²) in [6.07, 6.45) is 1.74. The van der Waals surface area contributed by atoms with Crippen LogP contribution in [0.15, 0.2) is 66.9 Å². The molecule has 0 N–H and O–H groups in total. The summed E-state index contributed by atoms with van der Waals surface area (Å²) in [6, 6.07) is 19.3. The maximum atomic E-state index is 5.43. The molecule has 0 aliphatic carbocycles. The van der Waals surface area contributed by atoms with E-state index in [1.807, 2.05) is 74.5 Å². The van der Waals surface area contributed by atoms with Crippen LogP contribution in [0.1, 0.15) is 36.2 Å². The van der Waals surface area contributed by atoms with E-state index in [2.05, 4.69) is 28.7 Å². The molecule has 3 heteroatoms. The zero-order valence-corrected chi connectivity index (χ0v) is 16.0. The highest BCUT2D eigenvalue weighted by atomic mass is 16.5. The first-order valence-corrected chi connectivity index (χ1v) is 9.22. The van der Waals surface area contributed by atoms with Crippen molar-refractivity contribution < 1.29 is 9.47 Å². The van der Waals surface area contributed by atoms with Crippen molar-refractivity contribution in [1.29, 1.82) is 0 Å². The second kappa shape index (κ2) is 9.86. The lowest BCUT2D eigenvalue weighted by Crippen LogP contribution is -1.90. The molecule has 0 saturated heterocycles. The van der Waals surface area contributed by atoms with Crippen molar-refractivity contribution in [2.45, 2.75) is 13.8 Å². The van der Waals surface area contributed by atoms with Gasteiger partial charge in [0.2, 0.25) is 0 Å². The first-order chi connectivity index (χ1) is 13.8. The van der Waals surface area contributed by atoms with Gasteiger partial charge < -0.3 is 9.47 Å². The van der Waals surface area contributed by atoms with Gasteiger partial charge in [-0.3, -0.25) is 0 Å². The summed E-state index contributed by atoms with van der Waals surface area (Å²) in [5.74, 6) is 14.1. The minimum Gasteiger partial charge on any atom is -0.494 e. The van der Waals surface area contributed by atoms with Gasteiger partial charge in [-0.15, -0.1) is 0 Å². The van der Waals surface area contributed by atoms with E-state index in [1.54, 1.807) is 6.20 Å². The Labute approximate surface area is 166 Å². The normalized spacial score (nSPS) is 9.50. The van der Waals surface area contributed by atoms with Crippen molar-refractivity contribution in [2.24, 2.45) is 0 Å². The van der Waals surface area contributed by atoms with Crippen LogP contribution in [0.2, 0.25) is 0 Å². The first-order valence-electron chi connectivity index (χ1n) is 9.22. The van der Waals surface area contributed by atoms with E-state index in [1.165, 1.54) is 0 Å². The second-order valence-corrected chi connectivity index (χ2v) is 5.85. The van der Waals surface area contributed by atoms with Crippen molar-refractivity contribution in [3.8, 4) is 35.2 Å². The van der Waals surface area contributed by atoms with Crippen LogP contribution in [-0.4, -0.2) is 18.2 Å². The molecule has 0 aliphatic rings. The Balaban J connectivity index is 1.64. The molecule has 0 bridgehead atoms. The lowest BCUT2D eigenvalue weighted by molar-refractivity contribution is 0.340. The number of ether oxygens (including phenoxy) is 2. The molecule has 3 nitrogen and oxygen atoms in total. The molecule has 0 radical (unpaired) electrons. The molecule has 3 aromatic rings. The van der Waals surface area contributed by atoms with Crippen molar-refractivity contribution in [1.82, 2.24) is 4.98 Å². The highest BCUT2D eigenvalue weighted by Crippen LogP contribution is 2.12. The number of pyridine rings is 1. The largest absolute Gasteiger partial charge is 0.494 e. The molecule has 0 saturated carbocycles. The molecule has 0 fully saturated rings. The monoisotopic (exact) mass is 367 g/mol. The molecule has 1 aromatic heterocycles. The van der Waals surface area contributed by atoms with Gasteiger partial charge in [-0.2, -0.15) is 0 Å². The van der Waals surface area contributed by atoms with E-state index in [9.17, 15) is 0 Å². The standard InChI is InChI=1S/C25H21NO2/c1-3-27-24-15-9-20(10-16-24)5-6-22-8-14-23(26-19-22)13-7-21-11-17-25(18-12-21)28-4-2/h8-12,14-19H,3-4H2,1-2H3. The molecule has 0 amide bonds. The number of aromatic nitrogens is 1. The molecule has 0 unspecified atom stereocenters. The number of rotatable bonds is 4. The summed E-state index contributed by atoms with van der Waals surface area (Å²) in [6.45, 7) is 5.24. The van der Waals surface area contributed by atoms with Crippen LogP contribution in [0.5, 0.6) is 11.5 Å². The van der Waals surface area contributed by atoms with Crippen molar-refractivity contribution >= 4 is 0 Å². The zero-order chi connectivity index (χ0) is 19.6. The Morgan fingerprint density at radius 2 is 1.07 bits per heavy atom. The summed E-state index contributed by atoms with van der Waals surface area (Å²) >= 11 is 0. The van der Waals surface area contributed by atoms with Gasteiger partial charge in [0.1, 0.15) is 17.2 Å². The third-order valence-electron chi connectivity index (χ3n) is 3.78. The summed E-state index contributed by atoms with van der Waals surface area (Å²) < 4.78 is 10.9. The highest BCUT2D eigenvalue weighted by molar-refractivity contribution is 5.46. The topological polar surface area (TPSA) is 31.4 Å². The minimum absolute atomic E-state index is 0.656. The number of hydrogen-bond donors (Lipinski definition) is 0. The van der Waals surface area contributed by atoms with Crippen LogP contribution in [0.25, 0.3) is 0 Å². The Bertz CT molecular complexity index is 926. The zero-order valence-electron chi connectivity index (χ0n) is 16.0. The maximum Gasteiger partial charge on any atom is 0.119 e. The summed E-state index contributed by atoms with van der Waals surface area (Å²) in [4.78, 5) is 4.37. The fourth-order valence-electron chi connectivity index (χ4n) is 2.42. The Hall–Kier alpha value is -3.69. The molecule has 0 atom stereocenters. The van der Waals surface area contributed by atoms with Crippen LogP contribution in [0.4, 0.5) is 0 Å². The SMILES string of the molecule is CCOc1ccc(C#Cc2ccc(C#Cc3ccc(OCC)cc3)nc2)cc1. The van der Waals surface area contributed by atoms with Gasteiger partial charge in [-0.25, -0.2) is 4.98 Å². The van der Waals surface area contributed by atoms with Crippen LogP contribution < -0.4 is 9.47 Å². The van der Waals surface area contributed by atoms with Gasteiger partial charge in [0, 0.05) is 22.9 Å². The Morgan fingerprint density at radius 3 is 1.54 bits per heavy atom. The summed E-state index contributed by atoms with van der Waals surface area (Å²) in [7, 11) is 0. The van der Waals surface area contributed by atoms with Gasteiger partial charge in [0.15, 0.2) is 0 Å². The molecule has 2 aromatic carbocycles. The molecule has 0 aliphatic heterocycles. The molecular formula is C25H21NO2. The van der Waals surface area contributed by atoms with E-state index in [4.69, 9.17) is 9.47 Å². The Kier molecular flexibility index (Phi) is 6.72. The first kappa shape index (κ1) is 19.1. The lowest BCUT2D eigenvalue weighted by atomic mass is 10.2. The van der Waals surface area contributed by atoms with Crippen LogP contribution in [-0.2, 0) is 0 Å². The van der Waals surface area contributed by atoms with Crippen LogP contribution in [0.3, 0.4) is 0 Å².